The van der Waals surface area contributed by atoms with Gasteiger partial charge in [0.15, 0.2) is 8.38 Å². The van der Waals surface area contributed by atoms with Gasteiger partial charge in [0, 0.05) is 5.66 Å². The van der Waals surface area contributed by atoms with Crippen molar-refractivity contribution in [1.82, 2.24) is 0 Å². The molecule has 3 heteroatoms. The minimum Gasteiger partial charge on any atom is -0.350 e. The van der Waals surface area contributed by atoms with E-state index in [1.807, 2.05) is 0 Å². The van der Waals surface area contributed by atoms with Gasteiger partial charge >= 0.3 is 0 Å². The van der Waals surface area contributed by atoms with Crippen molar-refractivity contribution in [3.05, 3.63) is 0 Å². The van der Waals surface area contributed by atoms with E-state index in [9.17, 15) is 9.79 Å². The van der Waals surface area contributed by atoms with Crippen molar-refractivity contribution in [3.8, 4) is 0 Å². The Morgan fingerprint density at radius 1 is 0.700 bits per heavy atom. The van der Waals surface area contributed by atoms with E-state index in [4.69, 9.17) is 0 Å². The third-order valence-electron chi connectivity index (χ3n) is 4.64. The monoisotopic (exact) mass is 304 g/mol. The molecular formula is C17H37O2P. The standard InChI is InChI=1S/C17H37O2P/c1-5-9-11-13-15(7-3)17(20(18)19)16(8-4)14-12-10-6-2/h15-19H,5-14H2,1-4H3. The van der Waals surface area contributed by atoms with E-state index in [0.29, 0.717) is 11.8 Å². The molecule has 0 rings (SSSR count). The van der Waals surface area contributed by atoms with Gasteiger partial charge in [0.1, 0.15) is 0 Å². The number of unbranched alkanes of at least 4 members (excludes halogenated alkanes) is 4. The Balaban J connectivity index is 4.59. The Kier molecular flexibility index (Phi) is 13.3. The van der Waals surface area contributed by atoms with E-state index in [1.54, 1.807) is 0 Å². The summed E-state index contributed by atoms with van der Waals surface area (Å²) in [5.41, 5.74) is 0.133. The van der Waals surface area contributed by atoms with Crippen LogP contribution in [0, 0.1) is 11.8 Å². The molecule has 0 bridgehead atoms. The first-order valence-electron chi connectivity index (χ1n) is 8.79. The van der Waals surface area contributed by atoms with Crippen LogP contribution in [0.1, 0.15) is 91.9 Å². The predicted octanol–water partition coefficient (Wildman–Crippen LogP) is 5.86. The average Bonchev–Trinajstić information content (AvgIpc) is 2.44. The first kappa shape index (κ1) is 20.3. The molecule has 0 heterocycles. The van der Waals surface area contributed by atoms with Crippen LogP contribution >= 0.6 is 8.38 Å². The lowest BCUT2D eigenvalue weighted by atomic mass is 9.84. The highest BCUT2D eigenvalue weighted by molar-refractivity contribution is 7.46. The van der Waals surface area contributed by atoms with E-state index >= 15 is 0 Å². The molecule has 0 radical (unpaired) electrons. The van der Waals surface area contributed by atoms with E-state index in [0.717, 1.165) is 12.8 Å². The Morgan fingerprint density at radius 2 is 1.10 bits per heavy atom. The SMILES string of the molecule is CCCCCC(CC)C(C(CC)CCCCC)P(O)O. The maximum atomic E-state index is 9.95. The minimum atomic E-state index is -1.80. The van der Waals surface area contributed by atoms with Crippen LogP contribution in [0.2, 0.25) is 0 Å². The molecule has 0 aromatic rings. The zero-order valence-corrected chi connectivity index (χ0v) is 15.0. The van der Waals surface area contributed by atoms with Crippen LogP contribution in [0.4, 0.5) is 0 Å². The number of hydrogen-bond acceptors (Lipinski definition) is 2. The molecule has 122 valence electrons. The molecule has 0 aromatic carbocycles. The fourth-order valence-electron chi connectivity index (χ4n) is 3.31. The normalized spacial score (nSPS) is 16.4. The first-order chi connectivity index (χ1) is 9.62. The second kappa shape index (κ2) is 13.0. The Hall–Kier alpha value is 0.350. The van der Waals surface area contributed by atoms with Crippen LogP contribution < -0.4 is 0 Å². The summed E-state index contributed by atoms with van der Waals surface area (Å²) in [6.45, 7) is 8.87. The number of rotatable bonds is 13. The zero-order chi connectivity index (χ0) is 15.4. The van der Waals surface area contributed by atoms with Crippen LogP contribution in [0.15, 0.2) is 0 Å². The van der Waals surface area contributed by atoms with Gasteiger partial charge in [-0.2, -0.15) is 0 Å². The molecule has 0 saturated heterocycles. The first-order valence-corrected chi connectivity index (χ1v) is 10.1. The fraction of sp³-hybridized carbons (Fsp3) is 1.00. The van der Waals surface area contributed by atoms with Gasteiger partial charge in [0.05, 0.1) is 0 Å². The van der Waals surface area contributed by atoms with Crippen molar-refractivity contribution in [2.24, 2.45) is 11.8 Å². The molecule has 2 atom stereocenters. The molecule has 2 unspecified atom stereocenters. The van der Waals surface area contributed by atoms with E-state index in [-0.39, 0.29) is 5.66 Å². The van der Waals surface area contributed by atoms with Crippen molar-refractivity contribution in [2.45, 2.75) is 97.6 Å². The molecule has 0 aliphatic carbocycles. The lowest BCUT2D eigenvalue weighted by Crippen LogP contribution is -2.27. The van der Waals surface area contributed by atoms with Crippen molar-refractivity contribution in [1.29, 1.82) is 0 Å². The molecule has 0 aliphatic heterocycles. The highest BCUT2D eigenvalue weighted by atomic mass is 31.2. The molecule has 0 spiro atoms. The van der Waals surface area contributed by atoms with Gasteiger partial charge in [-0.1, -0.05) is 79.1 Å². The highest BCUT2D eigenvalue weighted by Gasteiger charge is 2.32. The Labute approximate surface area is 128 Å². The average molecular weight is 304 g/mol. The topological polar surface area (TPSA) is 40.5 Å². The Morgan fingerprint density at radius 3 is 1.35 bits per heavy atom. The molecule has 0 fully saturated rings. The van der Waals surface area contributed by atoms with Crippen molar-refractivity contribution in [2.75, 3.05) is 0 Å². The molecular weight excluding hydrogens is 267 g/mol. The lowest BCUT2D eigenvalue weighted by Gasteiger charge is -2.33. The third-order valence-corrected chi connectivity index (χ3v) is 6.01. The van der Waals surface area contributed by atoms with Crippen molar-refractivity contribution >= 4 is 8.38 Å². The van der Waals surface area contributed by atoms with Crippen LogP contribution in [-0.2, 0) is 0 Å². The maximum Gasteiger partial charge on any atom is 0.168 e. The zero-order valence-electron chi connectivity index (χ0n) is 14.1. The Bertz CT molecular complexity index is 191. The highest BCUT2D eigenvalue weighted by Crippen LogP contribution is 2.46. The van der Waals surface area contributed by atoms with E-state index < -0.39 is 8.38 Å². The van der Waals surface area contributed by atoms with Gasteiger partial charge in [-0.25, -0.2) is 0 Å². The fourth-order valence-corrected chi connectivity index (χ4v) is 4.78. The molecule has 2 N–H and O–H groups in total. The van der Waals surface area contributed by atoms with E-state index in [1.165, 1.54) is 51.4 Å². The van der Waals surface area contributed by atoms with Crippen LogP contribution in [-0.4, -0.2) is 15.4 Å². The maximum absolute atomic E-state index is 9.95. The molecule has 0 amide bonds. The quantitative estimate of drug-likeness (QED) is 0.330. The molecule has 2 nitrogen and oxygen atoms in total. The second-order valence-corrected chi connectivity index (χ2v) is 7.38. The largest absolute Gasteiger partial charge is 0.350 e. The van der Waals surface area contributed by atoms with Crippen molar-refractivity contribution in [3.63, 3.8) is 0 Å². The van der Waals surface area contributed by atoms with Gasteiger partial charge < -0.3 is 9.79 Å². The summed E-state index contributed by atoms with van der Waals surface area (Å²) in [5.74, 6) is 0.989. The van der Waals surface area contributed by atoms with Crippen LogP contribution in [0.3, 0.4) is 0 Å². The lowest BCUT2D eigenvalue weighted by molar-refractivity contribution is 0.288. The summed E-state index contributed by atoms with van der Waals surface area (Å²) in [4.78, 5) is 19.9. The van der Waals surface area contributed by atoms with Gasteiger partial charge in [-0.3, -0.25) is 0 Å². The second-order valence-electron chi connectivity index (χ2n) is 6.14. The van der Waals surface area contributed by atoms with Gasteiger partial charge in [0.25, 0.3) is 0 Å². The summed E-state index contributed by atoms with van der Waals surface area (Å²) in [6, 6.07) is 0. The van der Waals surface area contributed by atoms with Gasteiger partial charge in [0.2, 0.25) is 0 Å². The number of hydrogen-bond donors (Lipinski definition) is 2. The molecule has 0 aliphatic rings. The molecule has 20 heavy (non-hydrogen) atoms. The van der Waals surface area contributed by atoms with E-state index in [2.05, 4.69) is 27.7 Å². The predicted molar refractivity (Wildman–Crippen MR) is 91.0 cm³/mol. The third kappa shape index (κ3) is 7.96. The molecule has 0 saturated carbocycles. The van der Waals surface area contributed by atoms with Crippen molar-refractivity contribution < 1.29 is 9.79 Å². The summed E-state index contributed by atoms with van der Waals surface area (Å²) in [5, 5.41) is 0. The smallest absolute Gasteiger partial charge is 0.168 e. The van der Waals surface area contributed by atoms with Gasteiger partial charge in [-0.15, -0.1) is 0 Å². The van der Waals surface area contributed by atoms with Gasteiger partial charge in [-0.05, 0) is 24.7 Å². The van der Waals surface area contributed by atoms with Crippen LogP contribution in [0.25, 0.3) is 0 Å². The van der Waals surface area contributed by atoms with Crippen LogP contribution in [0.5, 0.6) is 0 Å². The minimum absolute atomic E-state index is 0.133. The molecule has 0 aromatic heterocycles. The summed E-state index contributed by atoms with van der Waals surface area (Å²) >= 11 is 0. The summed E-state index contributed by atoms with van der Waals surface area (Å²) in [7, 11) is -1.80. The summed E-state index contributed by atoms with van der Waals surface area (Å²) in [6.07, 6.45) is 12.0. The summed E-state index contributed by atoms with van der Waals surface area (Å²) < 4.78 is 0.